The fourth-order valence-corrected chi connectivity index (χ4v) is 2.91. The van der Waals surface area contributed by atoms with Crippen LogP contribution in [-0.4, -0.2) is 17.2 Å². The van der Waals surface area contributed by atoms with Crippen molar-refractivity contribution in [2.75, 3.05) is 0 Å². The third-order valence-electron chi connectivity index (χ3n) is 4.51. The molecule has 2 nitrogen and oxygen atoms in total. The monoisotopic (exact) mass is 389 g/mol. The molecule has 0 bridgehead atoms. The van der Waals surface area contributed by atoms with Gasteiger partial charge in [0.1, 0.15) is 0 Å². The summed E-state index contributed by atoms with van der Waals surface area (Å²) in [5, 5.41) is -0.606. The number of hydrogen-bond acceptors (Lipinski definition) is 1. The van der Waals surface area contributed by atoms with Crippen molar-refractivity contribution in [1.29, 1.82) is 0 Å². The molecule has 146 valence electrons. The molecule has 2 atom stereocenters. The van der Waals surface area contributed by atoms with Crippen LogP contribution < -0.4 is 0 Å². The number of hydrogen-bond donors (Lipinski definition) is 0. The fourth-order valence-electron chi connectivity index (χ4n) is 2.91. The van der Waals surface area contributed by atoms with Crippen LogP contribution in [0.4, 0.5) is 26.4 Å². The van der Waals surface area contributed by atoms with E-state index in [1.54, 1.807) is 13.8 Å². The number of allylic oxidation sites excluding steroid dienone is 4. The Bertz CT molecular complexity index is 811. The van der Waals surface area contributed by atoms with Crippen LogP contribution in [0, 0.1) is 0 Å². The summed E-state index contributed by atoms with van der Waals surface area (Å²) in [6.45, 7) is 3.33. The van der Waals surface area contributed by atoms with Gasteiger partial charge in [0.2, 0.25) is 0 Å². The third-order valence-corrected chi connectivity index (χ3v) is 4.51. The van der Waals surface area contributed by atoms with Gasteiger partial charge in [-0.15, -0.1) is 0 Å². The Morgan fingerprint density at radius 1 is 1.07 bits per heavy atom. The molecule has 1 aliphatic carbocycles. The minimum atomic E-state index is -3.36. The number of carbonyl (C=O) groups is 1. The quantitative estimate of drug-likeness (QED) is 0.447. The summed E-state index contributed by atoms with van der Waals surface area (Å²) in [4.78, 5) is 12.7. The average Bonchev–Trinajstić information content (AvgIpc) is 2.69. The molecule has 0 heterocycles. The predicted molar refractivity (Wildman–Crippen MR) is 88.1 cm³/mol. The van der Waals surface area contributed by atoms with Crippen LogP contribution in [0.2, 0.25) is 0 Å². The van der Waals surface area contributed by atoms with Gasteiger partial charge >= 0.3 is 0 Å². The molecule has 0 saturated carbocycles. The minimum absolute atomic E-state index is 0.331. The maximum Gasteiger partial charge on any atom is 0.275 e. The SMILES string of the molecule is CCC(=CN(F)C(=O)C1(c2ccccc2)C(F)=C(F)C(F)=C(F)C1F)CC. The fraction of sp³-hybridized carbons (Fsp3) is 0.316. The summed E-state index contributed by atoms with van der Waals surface area (Å²) in [5.41, 5.74) is -3.50. The highest BCUT2D eigenvalue weighted by atomic mass is 19.2. The molecule has 0 N–H and O–H groups in total. The minimum Gasteiger partial charge on any atom is -0.270 e. The van der Waals surface area contributed by atoms with Crippen molar-refractivity contribution in [2.45, 2.75) is 38.3 Å². The summed E-state index contributed by atoms with van der Waals surface area (Å²) >= 11 is 0. The molecule has 1 aliphatic rings. The second-order valence-electron chi connectivity index (χ2n) is 5.94. The molecule has 1 aromatic rings. The van der Waals surface area contributed by atoms with Crippen LogP contribution in [0.5, 0.6) is 0 Å². The lowest BCUT2D eigenvalue weighted by Crippen LogP contribution is -2.52. The Kier molecular flexibility index (Phi) is 6.18. The van der Waals surface area contributed by atoms with Gasteiger partial charge in [0.25, 0.3) is 5.91 Å². The number of halogens is 6. The second kappa shape index (κ2) is 8.02. The molecule has 1 amide bonds. The Morgan fingerprint density at radius 3 is 2.15 bits per heavy atom. The Balaban J connectivity index is 2.75. The number of alkyl halides is 1. The molecule has 27 heavy (non-hydrogen) atoms. The molecule has 0 spiro atoms. The highest BCUT2D eigenvalue weighted by Crippen LogP contribution is 2.50. The van der Waals surface area contributed by atoms with Crippen molar-refractivity contribution in [3.05, 3.63) is 71.0 Å². The number of amides is 1. The molecular weight excluding hydrogens is 372 g/mol. The third kappa shape index (κ3) is 3.28. The maximum absolute atomic E-state index is 14.8. The van der Waals surface area contributed by atoms with Crippen molar-refractivity contribution in [1.82, 2.24) is 5.12 Å². The van der Waals surface area contributed by atoms with Crippen LogP contribution >= 0.6 is 0 Å². The van der Waals surface area contributed by atoms with Crippen molar-refractivity contribution < 1.29 is 31.2 Å². The molecule has 0 aromatic heterocycles. The van der Waals surface area contributed by atoms with Gasteiger partial charge in [-0.05, 0) is 18.4 Å². The van der Waals surface area contributed by atoms with Crippen LogP contribution in [0.25, 0.3) is 0 Å². The van der Waals surface area contributed by atoms with E-state index in [4.69, 9.17) is 0 Å². The van der Waals surface area contributed by atoms with Crippen LogP contribution in [-0.2, 0) is 10.2 Å². The van der Waals surface area contributed by atoms with Gasteiger partial charge in [-0.1, -0.05) is 54.2 Å². The molecule has 1 aromatic carbocycles. The molecule has 0 saturated heterocycles. The van der Waals surface area contributed by atoms with Crippen LogP contribution in [0.15, 0.2) is 65.4 Å². The van der Waals surface area contributed by atoms with E-state index in [1.165, 1.54) is 18.2 Å². The van der Waals surface area contributed by atoms with Crippen molar-refractivity contribution in [3.63, 3.8) is 0 Å². The van der Waals surface area contributed by atoms with E-state index in [2.05, 4.69) is 0 Å². The van der Waals surface area contributed by atoms with Crippen molar-refractivity contribution >= 4 is 5.91 Å². The zero-order valence-corrected chi connectivity index (χ0v) is 14.6. The predicted octanol–water partition coefficient (Wildman–Crippen LogP) is 5.99. The summed E-state index contributed by atoms with van der Waals surface area (Å²) in [5.74, 6) is -11.2. The zero-order chi connectivity index (χ0) is 20.4. The highest BCUT2D eigenvalue weighted by Gasteiger charge is 2.60. The van der Waals surface area contributed by atoms with E-state index < -0.39 is 51.5 Å². The average molecular weight is 389 g/mol. The van der Waals surface area contributed by atoms with E-state index in [1.807, 2.05) is 0 Å². The first kappa shape index (κ1) is 20.8. The number of rotatable bonds is 5. The number of nitrogens with zero attached hydrogens (tertiary/aromatic N) is 1. The molecule has 0 aliphatic heterocycles. The van der Waals surface area contributed by atoms with Gasteiger partial charge in [0.15, 0.2) is 34.9 Å². The van der Waals surface area contributed by atoms with Gasteiger partial charge in [-0.2, -0.15) is 5.12 Å². The highest BCUT2D eigenvalue weighted by molar-refractivity contribution is 5.93. The van der Waals surface area contributed by atoms with Gasteiger partial charge in [-0.25, -0.2) is 22.0 Å². The van der Waals surface area contributed by atoms with Gasteiger partial charge in [-0.3, -0.25) is 4.79 Å². The van der Waals surface area contributed by atoms with E-state index in [9.17, 15) is 31.2 Å². The molecular formula is C19H17F6NO. The van der Waals surface area contributed by atoms with E-state index in [-0.39, 0.29) is 0 Å². The molecule has 2 rings (SSSR count). The normalized spacial score (nSPS) is 22.7. The Labute approximate surface area is 152 Å². The Morgan fingerprint density at radius 2 is 1.63 bits per heavy atom. The van der Waals surface area contributed by atoms with Crippen LogP contribution in [0.1, 0.15) is 32.3 Å². The van der Waals surface area contributed by atoms with Crippen LogP contribution in [0.3, 0.4) is 0 Å². The first-order valence-electron chi connectivity index (χ1n) is 8.23. The number of carbonyl (C=O) groups excluding carboxylic acids is 1. The Hall–Kier alpha value is -2.51. The van der Waals surface area contributed by atoms with Gasteiger partial charge in [0.05, 0.1) is 0 Å². The molecule has 2 unspecified atom stereocenters. The van der Waals surface area contributed by atoms with E-state index in [0.717, 1.165) is 12.1 Å². The summed E-state index contributed by atoms with van der Waals surface area (Å²) in [7, 11) is 0. The lowest BCUT2D eigenvalue weighted by molar-refractivity contribution is -0.149. The standard InChI is InChI=1S/C19H17F6NO/c1-3-11(4-2)10-26(25)18(27)19(12-8-6-5-7-9-12)16(23)14(21)13(20)15(22)17(19)24/h5-10,16H,3-4H2,1-2H3. The van der Waals surface area contributed by atoms with Gasteiger partial charge in [0, 0.05) is 6.20 Å². The molecule has 8 heteroatoms. The smallest absolute Gasteiger partial charge is 0.270 e. The second-order valence-corrected chi connectivity index (χ2v) is 5.94. The number of benzene rings is 1. The lowest BCUT2D eigenvalue weighted by Gasteiger charge is -2.36. The molecule has 0 fully saturated rings. The summed E-state index contributed by atoms with van der Waals surface area (Å²) in [6, 6.07) is 5.92. The van der Waals surface area contributed by atoms with Gasteiger partial charge < -0.3 is 0 Å². The van der Waals surface area contributed by atoms with Crippen molar-refractivity contribution in [2.24, 2.45) is 0 Å². The van der Waals surface area contributed by atoms with E-state index >= 15 is 0 Å². The lowest BCUT2D eigenvalue weighted by atomic mass is 9.71. The topological polar surface area (TPSA) is 20.3 Å². The first-order valence-corrected chi connectivity index (χ1v) is 8.23. The maximum atomic E-state index is 14.8. The first-order chi connectivity index (χ1) is 12.7. The largest absolute Gasteiger partial charge is 0.275 e. The molecule has 0 radical (unpaired) electrons. The summed E-state index contributed by atoms with van der Waals surface area (Å²) in [6.07, 6.45) is -1.92. The van der Waals surface area contributed by atoms with Crippen molar-refractivity contribution in [3.8, 4) is 0 Å². The summed E-state index contributed by atoms with van der Waals surface area (Å²) < 4.78 is 85.5. The zero-order valence-electron chi connectivity index (χ0n) is 14.6. The van der Waals surface area contributed by atoms with E-state index in [0.29, 0.717) is 24.6 Å².